The number of nitrogens with zero attached hydrogens (tertiary/aromatic N) is 2. The van der Waals surface area contributed by atoms with Crippen LogP contribution in [0.5, 0.6) is 0 Å². The van der Waals surface area contributed by atoms with E-state index in [0.717, 1.165) is 38.2 Å². The highest BCUT2D eigenvalue weighted by Gasteiger charge is 2.23. The molecule has 0 unspecified atom stereocenters. The molecule has 0 atom stereocenters. The average molecular weight is 367 g/mol. The molecular formula is C19H30N2O3S. The molecule has 1 aromatic carbocycles. The summed E-state index contributed by atoms with van der Waals surface area (Å²) in [6, 6.07) is 8.21. The molecule has 1 N–H and O–H groups in total. The number of piperidine rings is 1. The van der Waals surface area contributed by atoms with Crippen molar-refractivity contribution < 1.29 is 13.5 Å². The van der Waals surface area contributed by atoms with Crippen LogP contribution >= 0.6 is 0 Å². The van der Waals surface area contributed by atoms with E-state index in [0.29, 0.717) is 30.5 Å². The zero-order valence-corrected chi connectivity index (χ0v) is 15.8. The summed E-state index contributed by atoms with van der Waals surface area (Å²) in [6.45, 7) is 5.78. The first kappa shape index (κ1) is 18.8. The van der Waals surface area contributed by atoms with Gasteiger partial charge in [-0.1, -0.05) is 24.3 Å². The van der Waals surface area contributed by atoms with Crippen LogP contribution in [0, 0.1) is 5.92 Å². The molecule has 0 bridgehead atoms. The lowest BCUT2D eigenvalue weighted by Crippen LogP contribution is -2.45. The third-order valence-corrected chi connectivity index (χ3v) is 7.28. The van der Waals surface area contributed by atoms with Crippen LogP contribution in [0.4, 0.5) is 0 Å². The van der Waals surface area contributed by atoms with Crippen molar-refractivity contribution in [3.8, 4) is 0 Å². The number of benzene rings is 1. The predicted octanol–water partition coefficient (Wildman–Crippen LogP) is 1.16. The fraction of sp³-hybridized carbons (Fsp3) is 0.684. The lowest BCUT2D eigenvalue weighted by Gasteiger charge is -2.34. The molecule has 5 nitrogen and oxygen atoms in total. The van der Waals surface area contributed by atoms with Crippen molar-refractivity contribution in [2.45, 2.75) is 25.9 Å². The summed E-state index contributed by atoms with van der Waals surface area (Å²) >= 11 is 0. The Labute approximate surface area is 151 Å². The highest BCUT2D eigenvalue weighted by atomic mass is 32.2. The van der Waals surface area contributed by atoms with Crippen LogP contribution < -0.4 is 0 Å². The second-order valence-corrected chi connectivity index (χ2v) is 9.71. The van der Waals surface area contributed by atoms with Crippen molar-refractivity contribution in [2.75, 3.05) is 50.8 Å². The van der Waals surface area contributed by atoms with Crippen LogP contribution in [0.2, 0.25) is 0 Å². The van der Waals surface area contributed by atoms with Gasteiger partial charge in [0.25, 0.3) is 0 Å². The molecule has 0 spiro atoms. The van der Waals surface area contributed by atoms with Crippen molar-refractivity contribution in [1.29, 1.82) is 0 Å². The highest BCUT2D eigenvalue weighted by molar-refractivity contribution is 7.91. The van der Waals surface area contributed by atoms with Crippen molar-refractivity contribution in [3.05, 3.63) is 35.4 Å². The Morgan fingerprint density at radius 3 is 2.08 bits per heavy atom. The van der Waals surface area contributed by atoms with Gasteiger partial charge in [0.1, 0.15) is 0 Å². The number of sulfone groups is 1. The van der Waals surface area contributed by atoms with Crippen LogP contribution in [0.15, 0.2) is 24.3 Å². The number of likely N-dealkylation sites (tertiary alicyclic amines) is 1. The third kappa shape index (κ3) is 5.51. The van der Waals surface area contributed by atoms with Gasteiger partial charge < -0.3 is 14.9 Å². The van der Waals surface area contributed by atoms with Gasteiger partial charge in [0.15, 0.2) is 9.84 Å². The van der Waals surface area contributed by atoms with E-state index in [-0.39, 0.29) is 6.61 Å². The van der Waals surface area contributed by atoms with Crippen LogP contribution in [0.1, 0.15) is 24.0 Å². The Morgan fingerprint density at radius 1 is 0.920 bits per heavy atom. The molecule has 3 rings (SSSR count). The van der Waals surface area contributed by atoms with Gasteiger partial charge in [-0.25, -0.2) is 8.42 Å². The molecule has 0 aromatic heterocycles. The fourth-order valence-electron chi connectivity index (χ4n) is 3.89. The summed E-state index contributed by atoms with van der Waals surface area (Å²) in [7, 11) is -2.77. The van der Waals surface area contributed by atoms with Crippen LogP contribution in [-0.4, -0.2) is 74.1 Å². The van der Waals surface area contributed by atoms with Gasteiger partial charge in [-0.2, -0.15) is 0 Å². The molecule has 0 amide bonds. The van der Waals surface area contributed by atoms with Gasteiger partial charge >= 0.3 is 0 Å². The zero-order chi connectivity index (χ0) is 17.7. The number of aliphatic hydroxyl groups excluding tert-OH is 1. The largest absolute Gasteiger partial charge is 0.392 e. The minimum atomic E-state index is -2.77. The summed E-state index contributed by atoms with van der Waals surface area (Å²) in [5, 5.41) is 9.47. The van der Waals surface area contributed by atoms with Crippen LogP contribution in [0.3, 0.4) is 0 Å². The fourth-order valence-corrected chi connectivity index (χ4v) is 5.17. The minimum absolute atomic E-state index is 0.126. The van der Waals surface area contributed by atoms with Gasteiger partial charge in [0.05, 0.1) is 18.1 Å². The number of hydrogen-bond donors (Lipinski definition) is 1. The summed E-state index contributed by atoms with van der Waals surface area (Å²) < 4.78 is 23.0. The normalized spacial score (nSPS) is 22.9. The Hall–Kier alpha value is -0.950. The summed E-state index contributed by atoms with van der Waals surface area (Å²) in [4.78, 5) is 4.79. The third-order valence-electron chi connectivity index (χ3n) is 5.67. The van der Waals surface area contributed by atoms with E-state index in [4.69, 9.17) is 0 Å². The zero-order valence-electron chi connectivity index (χ0n) is 14.9. The molecule has 140 valence electrons. The van der Waals surface area contributed by atoms with Gasteiger partial charge in [-0.05, 0) is 49.4 Å². The van der Waals surface area contributed by atoms with Gasteiger partial charge in [-0.3, -0.25) is 0 Å². The summed E-state index contributed by atoms with van der Waals surface area (Å²) in [5.74, 6) is 1.34. The lowest BCUT2D eigenvalue weighted by molar-refractivity contribution is 0.158. The van der Waals surface area contributed by atoms with Crippen molar-refractivity contribution >= 4 is 9.84 Å². The van der Waals surface area contributed by atoms with E-state index in [2.05, 4.69) is 21.9 Å². The lowest BCUT2D eigenvalue weighted by atomic mass is 9.88. The molecule has 6 heteroatoms. The second-order valence-electron chi connectivity index (χ2n) is 7.41. The monoisotopic (exact) mass is 366 g/mol. The van der Waals surface area contributed by atoms with E-state index >= 15 is 0 Å². The molecule has 25 heavy (non-hydrogen) atoms. The molecule has 2 heterocycles. The second kappa shape index (κ2) is 8.62. The van der Waals surface area contributed by atoms with E-state index in [1.807, 2.05) is 12.1 Å². The molecule has 1 aromatic rings. The molecular weight excluding hydrogens is 336 g/mol. The number of hydrogen-bond acceptors (Lipinski definition) is 5. The van der Waals surface area contributed by atoms with E-state index in [1.165, 1.54) is 18.4 Å². The Morgan fingerprint density at radius 2 is 1.48 bits per heavy atom. The smallest absolute Gasteiger partial charge is 0.152 e. The number of rotatable bonds is 6. The standard InChI is InChI=1S/C19H30N2O3S/c22-16-19-4-2-1-3-18(19)15-17-5-7-20(8-6-17)9-10-21-11-13-25(23,24)14-12-21/h1-4,17,22H,5-16H2. The van der Waals surface area contributed by atoms with Crippen molar-refractivity contribution in [1.82, 2.24) is 9.80 Å². The van der Waals surface area contributed by atoms with E-state index in [9.17, 15) is 13.5 Å². The molecule has 0 radical (unpaired) electrons. The van der Waals surface area contributed by atoms with Crippen LogP contribution in [0.25, 0.3) is 0 Å². The molecule has 0 saturated carbocycles. The molecule has 2 aliphatic rings. The Kier molecular flexibility index (Phi) is 6.49. The topological polar surface area (TPSA) is 60.9 Å². The Balaban J connectivity index is 1.39. The average Bonchev–Trinajstić information content (AvgIpc) is 2.62. The first-order valence-corrected chi connectivity index (χ1v) is 11.2. The summed E-state index contributed by atoms with van der Waals surface area (Å²) in [5.41, 5.74) is 2.35. The van der Waals surface area contributed by atoms with Gasteiger partial charge in [0.2, 0.25) is 0 Å². The molecule has 2 aliphatic heterocycles. The quantitative estimate of drug-likeness (QED) is 0.819. The maximum Gasteiger partial charge on any atom is 0.152 e. The number of aliphatic hydroxyl groups is 1. The predicted molar refractivity (Wildman–Crippen MR) is 100 cm³/mol. The first-order chi connectivity index (χ1) is 12.1. The summed E-state index contributed by atoms with van der Waals surface area (Å²) in [6.07, 6.45) is 3.47. The molecule has 0 aliphatic carbocycles. The van der Waals surface area contributed by atoms with Crippen molar-refractivity contribution in [3.63, 3.8) is 0 Å². The van der Waals surface area contributed by atoms with Crippen molar-refractivity contribution in [2.24, 2.45) is 5.92 Å². The maximum atomic E-state index is 11.5. The molecule has 2 fully saturated rings. The SMILES string of the molecule is O=S1(=O)CCN(CCN2CCC(Cc3ccccc3CO)CC2)CC1. The molecule has 2 saturated heterocycles. The first-order valence-electron chi connectivity index (χ1n) is 9.38. The van der Waals surface area contributed by atoms with E-state index in [1.54, 1.807) is 0 Å². The highest BCUT2D eigenvalue weighted by Crippen LogP contribution is 2.23. The Bertz CT molecular complexity index is 640. The van der Waals surface area contributed by atoms with Gasteiger partial charge in [-0.15, -0.1) is 0 Å². The van der Waals surface area contributed by atoms with Crippen LogP contribution in [-0.2, 0) is 22.9 Å². The minimum Gasteiger partial charge on any atom is -0.392 e. The van der Waals surface area contributed by atoms with E-state index < -0.39 is 9.84 Å². The maximum absolute atomic E-state index is 11.5. The van der Waals surface area contributed by atoms with Gasteiger partial charge in [0, 0.05) is 26.2 Å².